The number of rotatable bonds is 13. The Morgan fingerprint density at radius 2 is 0.864 bits per heavy atom. The normalized spacial score (nSPS) is 10.3. The first-order chi connectivity index (χ1) is 23.4. The van der Waals surface area contributed by atoms with Gasteiger partial charge in [0.05, 0.1) is 40.6 Å². The number of methoxy groups -OCH3 is 3. The molecule has 19 nitrogen and oxygen atoms in total. The Hall–Kier alpha value is -1.37. The number of hydrogen-bond acceptors (Lipinski definition) is 14. The van der Waals surface area contributed by atoms with Crippen LogP contribution < -0.4 is 27.0 Å². The van der Waals surface area contributed by atoms with E-state index in [1.165, 1.54) is 33.9 Å². The molecular weight excluding hydrogens is 1010 g/mol. The molecule has 0 rings (SSSR count). The van der Waals surface area contributed by atoms with Crippen molar-refractivity contribution in [3.05, 3.63) is 41.9 Å². The molecule has 347 valence electrons. The van der Waals surface area contributed by atoms with Crippen molar-refractivity contribution in [3.63, 3.8) is 0 Å². The van der Waals surface area contributed by atoms with Gasteiger partial charge in [-0.3, -0.25) is 30.5 Å². The topological polar surface area (TPSA) is 277 Å². The van der Waals surface area contributed by atoms with Crippen LogP contribution in [0.3, 0.4) is 0 Å². The summed E-state index contributed by atoms with van der Waals surface area (Å²) in [5.41, 5.74) is 3.30. The number of carbonyl (C=O) groups is 8. The van der Waals surface area contributed by atoms with Gasteiger partial charge >= 0.3 is 36.1 Å². The largest absolute Gasteiger partial charge is 0.506 e. The van der Waals surface area contributed by atoms with Crippen LogP contribution in [0.4, 0.5) is 9.59 Å². The van der Waals surface area contributed by atoms with E-state index in [-0.39, 0.29) is 166 Å². The molecule has 0 bridgehead atoms. The first-order valence-corrected chi connectivity index (χ1v) is 15.5. The Kier molecular flexibility index (Phi) is 76.7. The third kappa shape index (κ3) is 61.0. The van der Waals surface area contributed by atoms with Crippen molar-refractivity contribution in [2.24, 2.45) is 11.7 Å². The number of nitrogens with two attached hydrogens (primary N) is 1. The van der Waals surface area contributed by atoms with E-state index in [9.17, 15) is 38.4 Å². The average Bonchev–Trinajstić information content (AvgIpc) is 2.99. The van der Waals surface area contributed by atoms with E-state index < -0.39 is 65.7 Å². The van der Waals surface area contributed by atoms with Crippen molar-refractivity contribution < 1.29 is 165 Å². The number of esters is 3. The second-order valence-electron chi connectivity index (χ2n) is 11.9. The van der Waals surface area contributed by atoms with E-state index in [0.29, 0.717) is 0 Å². The molecule has 0 saturated heterocycles. The Labute approximate surface area is 431 Å². The number of carboxylic acid groups (broad SMARTS) is 1. The van der Waals surface area contributed by atoms with Crippen molar-refractivity contribution in [1.82, 2.24) is 21.3 Å². The fourth-order valence-corrected chi connectivity index (χ4v) is 2.76. The molecule has 3 radical (unpaired) electrons. The second-order valence-corrected chi connectivity index (χ2v) is 11.9. The van der Waals surface area contributed by atoms with E-state index in [2.05, 4.69) is 35.5 Å². The third-order valence-corrected chi connectivity index (χ3v) is 4.91. The van der Waals surface area contributed by atoms with Crippen molar-refractivity contribution in [3.8, 4) is 0 Å². The van der Waals surface area contributed by atoms with Crippen LogP contribution in [-0.4, -0.2) is 97.6 Å². The van der Waals surface area contributed by atoms with Gasteiger partial charge in [-0.15, -0.1) is 0 Å². The number of ether oxygens (including phenoxy) is 5. The predicted octanol–water partition coefficient (Wildman–Crippen LogP) is 4.49. The average molecular weight is 1080 g/mol. The summed E-state index contributed by atoms with van der Waals surface area (Å²) in [6, 6.07) is -2.41. The Balaban J connectivity index is -0.0000000517. The maximum Gasteiger partial charge on any atom is 0.408 e. The third-order valence-electron chi connectivity index (χ3n) is 4.91. The van der Waals surface area contributed by atoms with Gasteiger partial charge in [0.25, 0.3) is 0 Å². The van der Waals surface area contributed by atoms with Crippen LogP contribution in [-0.2, 0) is 151 Å². The molecule has 0 fully saturated rings. The van der Waals surface area contributed by atoms with Gasteiger partial charge < -0.3 is 78.1 Å². The molecule has 0 aromatic carbocycles. The summed E-state index contributed by atoms with van der Waals surface area (Å²) in [6.07, 6.45) is -2.27. The molecule has 0 saturated carbocycles. The zero-order valence-corrected chi connectivity index (χ0v) is 45.2. The molecule has 7 N–H and O–H groups in total. The smallest absolute Gasteiger partial charge is 0.408 e. The SMILES string of the molecule is C.C.COC(=O)CC(NC(=O)OC(C)(C)C)C(=O)O.C[CH-]N.C[CH-]NC(=O)C(C)CC(=O)OC.C[CH-]NC(=O)C(CC(=O)OC)NC(=O)OC(C)(C)C.[CH3-].[CH3-].[CH3-].[Y].[Y].[Y]. The molecule has 59 heavy (non-hydrogen) atoms. The van der Waals surface area contributed by atoms with Crippen LogP contribution >= 0.6 is 0 Å². The number of aliphatic carboxylic acids is 1. The number of carbonyl (C=O) groups excluding carboxylic acids is 7. The van der Waals surface area contributed by atoms with Crippen LogP contribution in [0, 0.1) is 47.8 Å². The minimum absolute atomic E-state index is 0. The number of hydrogen-bond donors (Lipinski definition) is 6. The zero-order chi connectivity index (χ0) is 41.0. The predicted molar refractivity (Wildman–Crippen MR) is 216 cm³/mol. The standard InChI is InChI=1S/C12H21N2O5.C10H17NO6.C8H14NO3.C2H6N.2CH4.3CH3.3Y/c1-6-13-10(16)8(7-9(15)18-5)14-11(17)19-12(2,3)4;1-10(2,3)17-9(15)11-6(8(13)14)5-7(12)16-4;1-4-9-8(11)6(2)5-7(10)12-3;1-2-3;;;;;;;;/h6,8H,7H2,1-5H3,(H,13,16)(H,14,17);6H,5H2,1-4H3,(H,11,15)(H,13,14);4,6H,5H2,1-3H3,(H,9,11);2H,3H2,1H3;2*1H4;3*1H3;;;/q-1;;2*-1;;;3*-1;;;. The van der Waals surface area contributed by atoms with Crippen LogP contribution in [0.15, 0.2) is 0 Å². The van der Waals surface area contributed by atoms with E-state index in [1.807, 2.05) is 0 Å². The van der Waals surface area contributed by atoms with E-state index in [1.54, 1.807) is 69.2 Å². The van der Waals surface area contributed by atoms with Crippen molar-refractivity contribution in [1.29, 1.82) is 0 Å². The summed E-state index contributed by atoms with van der Waals surface area (Å²) in [7, 11) is 3.64. The number of carboxylic acids is 1. The number of amides is 4. The van der Waals surface area contributed by atoms with Gasteiger partial charge in [0.2, 0.25) is 5.91 Å². The fraction of sp³-hybridized carbons (Fsp3) is 0.622. The minimum atomic E-state index is -1.36. The Bertz CT molecular complexity index is 1110. The summed E-state index contributed by atoms with van der Waals surface area (Å²) in [4.78, 5) is 89.2. The van der Waals surface area contributed by atoms with Gasteiger partial charge in [0.1, 0.15) is 23.3 Å². The Morgan fingerprint density at radius 3 is 1.14 bits per heavy atom. The van der Waals surface area contributed by atoms with Crippen LogP contribution in [0.5, 0.6) is 0 Å². The molecular formula is C37H75N5O14Y3-6. The molecule has 0 heterocycles. The van der Waals surface area contributed by atoms with Crippen LogP contribution in [0.25, 0.3) is 0 Å². The monoisotopic (exact) mass is 1080 g/mol. The van der Waals surface area contributed by atoms with Crippen LogP contribution in [0.1, 0.15) is 103 Å². The first kappa shape index (κ1) is 88.8. The van der Waals surface area contributed by atoms with E-state index in [4.69, 9.17) is 20.3 Å². The molecule has 0 aromatic rings. The minimum Gasteiger partial charge on any atom is -0.506 e. The summed E-state index contributed by atoms with van der Waals surface area (Å²) in [5, 5.41) is 18.1. The van der Waals surface area contributed by atoms with Gasteiger partial charge in [-0.25, -0.2) is 27.5 Å². The molecule has 0 aliphatic carbocycles. The van der Waals surface area contributed by atoms with Gasteiger partial charge in [0.15, 0.2) is 5.91 Å². The second kappa shape index (κ2) is 51.0. The molecule has 22 heteroatoms. The molecule has 3 atom stereocenters. The summed E-state index contributed by atoms with van der Waals surface area (Å²) < 4.78 is 23.1. The fourth-order valence-electron chi connectivity index (χ4n) is 2.76. The van der Waals surface area contributed by atoms with Crippen molar-refractivity contribution in [2.75, 3.05) is 21.3 Å². The zero-order valence-electron chi connectivity index (χ0n) is 36.6. The van der Waals surface area contributed by atoms with Gasteiger partial charge in [-0.05, 0) is 41.5 Å². The quantitative estimate of drug-likeness (QED) is 0.0842. The van der Waals surface area contributed by atoms with Gasteiger partial charge in [0, 0.05) is 104 Å². The van der Waals surface area contributed by atoms with Crippen molar-refractivity contribution in [2.45, 2.75) is 127 Å². The summed E-state index contributed by atoms with van der Waals surface area (Å²) in [6.45, 7) is 21.2. The maximum absolute atomic E-state index is 11.7. The van der Waals surface area contributed by atoms with Crippen molar-refractivity contribution >= 4 is 47.9 Å². The van der Waals surface area contributed by atoms with E-state index >= 15 is 0 Å². The maximum atomic E-state index is 11.7. The summed E-state index contributed by atoms with van der Waals surface area (Å²) in [5.74, 6) is -4.05. The number of nitrogens with one attached hydrogen (secondary N) is 4. The molecule has 0 spiro atoms. The Morgan fingerprint density at radius 1 is 0.593 bits per heavy atom. The van der Waals surface area contributed by atoms with E-state index in [0.717, 1.165) is 7.11 Å². The number of alkyl carbamates (subject to hydrolysis) is 2. The first-order valence-electron chi connectivity index (χ1n) is 15.5. The molecule has 0 aliphatic rings. The van der Waals surface area contributed by atoms with Crippen LogP contribution in [0.2, 0.25) is 0 Å². The molecule has 3 unspecified atom stereocenters. The molecule has 0 aromatic heterocycles. The molecule has 4 amide bonds. The van der Waals surface area contributed by atoms with Gasteiger partial charge in [-0.1, -0.05) is 21.8 Å². The van der Waals surface area contributed by atoms with Gasteiger partial charge in [-0.2, -0.15) is 20.8 Å². The summed E-state index contributed by atoms with van der Waals surface area (Å²) >= 11 is 0. The molecule has 0 aliphatic heterocycles.